The molecule has 0 aliphatic heterocycles. The maximum atomic E-state index is 14.6. The number of amides is 9. The molecule has 0 bridgehead atoms. The van der Waals surface area contributed by atoms with E-state index in [2.05, 4.69) is 53.2 Å². The Morgan fingerprint density at radius 1 is 0.472 bits per heavy atom. The Morgan fingerprint density at radius 3 is 1.09 bits per heavy atom. The van der Waals surface area contributed by atoms with Crippen molar-refractivity contribution in [3.8, 4) is 0 Å². The Labute approximate surface area is 525 Å². The molecule has 9 amide bonds. The van der Waals surface area contributed by atoms with E-state index < -0.39 is 136 Å². The van der Waals surface area contributed by atoms with E-state index in [-0.39, 0.29) is 107 Å². The average molecular weight is 1270 g/mol. The number of carboxylic acid groups (broad SMARTS) is 1. The summed E-state index contributed by atoms with van der Waals surface area (Å²) in [5, 5.41) is 36.4. The number of alkyl carbamates (subject to hydrolysis) is 3. The van der Waals surface area contributed by atoms with Crippen molar-refractivity contribution in [1.82, 2.24) is 53.2 Å². The number of carboxylic acids is 1. The van der Waals surface area contributed by atoms with Crippen LogP contribution in [0.2, 0.25) is 0 Å². The first kappa shape index (κ1) is 79.9. The number of hydrogen-bond donors (Lipinski definition) is 12. The van der Waals surface area contributed by atoms with Crippen molar-refractivity contribution in [1.29, 1.82) is 0 Å². The van der Waals surface area contributed by atoms with Gasteiger partial charge in [0, 0.05) is 44.7 Å². The number of ether oxygens (including phenoxy) is 4. The number of Topliss-reactive ketones (excluding diaryl/α,β-unsaturated/α-hetero) is 2. The highest BCUT2D eigenvalue weighted by Gasteiger charge is 2.39. The fraction of sp³-hybridized carbons (Fsp3) is 0.770. The second-order valence-corrected chi connectivity index (χ2v) is 28.2. The number of hydrogen-bond acceptors (Lipinski definition) is 18. The van der Waals surface area contributed by atoms with Gasteiger partial charge in [-0.2, -0.15) is 0 Å². The Kier molecular flexibility index (Phi) is 31.7. The summed E-state index contributed by atoms with van der Waals surface area (Å²) in [6.45, 7) is 32.9. The summed E-state index contributed by atoms with van der Waals surface area (Å²) in [5.41, 5.74) is 2.74. The van der Waals surface area contributed by atoms with E-state index in [9.17, 15) is 62.6 Å². The molecule has 0 aromatic heterocycles. The van der Waals surface area contributed by atoms with Gasteiger partial charge in [-0.25, -0.2) is 19.2 Å². The number of rotatable bonds is 32. The van der Waals surface area contributed by atoms with Gasteiger partial charge in [-0.15, -0.1) is 0 Å². The molecule has 89 heavy (non-hydrogen) atoms. The lowest BCUT2D eigenvalue weighted by molar-refractivity contribution is -0.150. The van der Waals surface area contributed by atoms with Crippen molar-refractivity contribution in [2.24, 2.45) is 23.0 Å². The van der Waals surface area contributed by atoms with Crippen molar-refractivity contribution >= 4 is 71.3 Å². The molecule has 0 heterocycles. The highest BCUT2D eigenvalue weighted by atomic mass is 16.6. The van der Waals surface area contributed by atoms with Gasteiger partial charge in [-0.3, -0.25) is 38.4 Å². The molecule has 0 spiro atoms. The van der Waals surface area contributed by atoms with Gasteiger partial charge in [0.1, 0.15) is 47.0 Å². The maximum Gasteiger partial charge on any atom is 0.407 e. The lowest BCUT2D eigenvalue weighted by atomic mass is 9.73. The first-order chi connectivity index (χ1) is 40.6. The molecular formula is C61H107N11O17. The summed E-state index contributed by atoms with van der Waals surface area (Å²) < 4.78 is 21.9. The molecule has 1 aliphatic rings. The lowest BCUT2D eigenvalue weighted by Crippen LogP contribution is -2.61. The van der Waals surface area contributed by atoms with Crippen LogP contribution in [0.1, 0.15) is 190 Å². The van der Waals surface area contributed by atoms with Gasteiger partial charge >= 0.3 is 24.2 Å². The minimum absolute atomic E-state index is 0.00437. The van der Waals surface area contributed by atoms with Gasteiger partial charge in [0.2, 0.25) is 35.4 Å². The first-order valence-electron chi connectivity index (χ1n) is 30.5. The van der Waals surface area contributed by atoms with Crippen LogP contribution in [0.5, 0.6) is 0 Å². The van der Waals surface area contributed by atoms with E-state index in [0.717, 1.165) is 0 Å². The fourth-order valence-corrected chi connectivity index (χ4v) is 9.05. The highest BCUT2D eigenvalue weighted by molar-refractivity contribution is 6.22. The van der Waals surface area contributed by atoms with Crippen LogP contribution in [0.3, 0.4) is 0 Å². The Bertz CT molecular complexity index is 2480. The normalized spacial score (nSPS) is 16.3. The van der Waals surface area contributed by atoms with Crippen LogP contribution in [0.25, 0.3) is 0 Å². The summed E-state index contributed by atoms with van der Waals surface area (Å²) in [5.74, 6) is -7.98. The molecule has 1 fully saturated rings. The van der Waals surface area contributed by atoms with Crippen LogP contribution < -0.4 is 58.9 Å². The van der Waals surface area contributed by atoms with Crippen LogP contribution in [0, 0.1) is 17.3 Å². The molecule has 28 nitrogen and oxygen atoms in total. The molecule has 1 aliphatic carbocycles. The zero-order valence-electron chi connectivity index (χ0n) is 56.3. The van der Waals surface area contributed by atoms with Crippen LogP contribution in [0.4, 0.5) is 14.4 Å². The first-order valence-corrected chi connectivity index (χ1v) is 30.5. The van der Waals surface area contributed by atoms with Crippen molar-refractivity contribution in [3.63, 3.8) is 0 Å². The molecule has 1 saturated carbocycles. The van der Waals surface area contributed by atoms with Gasteiger partial charge in [0.15, 0.2) is 17.6 Å². The highest BCUT2D eigenvalue weighted by Crippen LogP contribution is 2.34. The van der Waals surface area contributed by atoms with E-state index in [1.165, 1.54) is 6.92 Å². The summed E-state index contributed by atoms with van der Waals surface area (Å²) >= 11 is 0. The van der Waals surface area contributed by atoms with Gasteiger partial charge in [0.25, 0.3) is 0 Å². The number of carbonyl (C=O) groups excluding carboxylic acids is 11. The van der Waals surface area contributed by atoms with Gasteiger partial charge in [-0.05, 0) is 153 Å². The van der Waals surface area contributed by atoms with Gasteiger partial charge < -0.3 is 83.0 Å². The number of aliphatic carboxylic acids is 1. The van der Waals surface area contributed by atoms with Crippen LogP contribution in [0.15, 0.2) is 11.3 Å². The zero-order valence-corrected chi connectivity index (χ0v) is 56.3. The van der Waals surface area contributed by atoms with E-state index in [0.29, 0.717) is 5.70 Å². The second kappa shape index (κ2) is 35.3. The largest absolute Gasteiger partial charge is 0.480 e. The smallest absolute Gasteiger partial charge is 0.407 e. The van der Waals surface area contributed by atoms with Crippen molar-refractivity contribution in [2.75, 3.05) is 26.2 Å². The SMILES string of the molecule is CC(NCC[C@H](N)C(=O)N[C@@H](CCNC(=O)OC(C)(C)C)C(=O)N[C@H](CC(C)C)C(=O)N[C@@H](CC(C)C)C(=O)N[C@@H](CCNC(=O)OC(C)(C)C)C(=O)N[C@@H](CCNC(=O)OC(C)(C)C)C(=O)N[C@H](C(=O)O)[C@@H](C)OC(C)(C)C)=C1C(=O)CC(C)(C)CC1=O. The third kappa shape index (κ3) is 33.3. The Balaban J connectivity index is 3.70. The molecule has 0 saturated heterocycles. The predicted octanol–water partition coefficient (Wildman–Crippen LogP) is 3.56. The van der Waals surface area contributed by atoms with E-state index in [4.69, 9.17) is 24.7 Å². The molecule has 28 heteroatoms. The molecule has 0 aromatic carbocycles. The van der Waals surface area contributed by atoms with Crippen molar-refractivity contribution < 1.29 is 81.6 Å². The molecule has 8 atom stereocenters. The van der Waals surface area contributed by atoms with Crippen molar-refractivity contribution in [2.45, 2.75) is 261 Å². The molecule has 508 valence electrons. The number of nitrogens with two attached hydrogens (primary N) is 1. The lowest BCUT2D eigenvalue weighted by Gasteiger charge is -2.31. The number of nitrogens with one attached hydrogen (secondary N) is 10. The third-order valence-corrected chi connectivity index (χ3v) is 12.8. The second-order valence-electron chi connectivity index (χ2n) is 28.2. The molecule has 0 aromatic rings. The van der Waals surface area contributed by atoms with Crippen LogP contribution >= 0.6 is 0 Å². The third-order valence-electron chi connectivity index (χ3n) is 12.8. The Hall–Kier alpha value is -7.10. The quantitative estimate of drug-likeness (QED) is 0.0260. The summed E-state index contributed by atoms with van der Waals surface area (Å²) in [4.78, 5) is 162. The summed E-state index contributed by atoms with van der Waals surface area (Å²) in [6.07, 6.45) is -4.15. The van der Waals surface area contributed by atoms with Gasteiger partial charge in [-0.1, -0.05) is 41.5 Å². The van der Waals surface area contributed by atoms with E-state index in [1.54, 1.807) is 118 Å². The standard InChI is InChI=1S/C61H107N11O17/c1-33(2)29-41(51(79)69-39(23-27-65-55(84)88-59(13,14)15)48(76)68-40(24-28-66-56(85)89-60(16,17)18)50(78)72-46(53(81)82)36(6)86-57(7,8)9)71-52(80)42(30-34(3)4)70-49(77)38(22-26-64-54(83)87-58(10,11)12)67-47(75)37(62)21-25-63-35(5)45-43(73)31-61(19,20)32-44(45)74/h33-34,36-42,46,63H,21-32,62H2,1-20H3,(H,64,83)(H,65,84)(H,66,85)(H,67,75)(H,68,76)(H,69,79)(H,70,77)(H,71,80)(H,72,78)(H,81,82)/t36-,37+,38+,39+,40+,41+,42-,46+/m1/s1. The van der Waals surface area contributed by atoms with Crippen LogP contribution in [-0.2, 0) is 62.1 Å². The van der Waals surface area contributed by atoms with E-state index in [1.807, 2.05) is 13.8 Å². The fourth-order valence-electron chi connectivity index (χ4n) is 9.05. The van der Waals surface area contributed by atoms with Crippen LogP contribution in [-0.4, -0.2) is 173 Å². The molecule has 1 rings (SSSR count). The number of allylic oxidation sites excluding steroid dienone is 2. The minimum atomic E-state index is -1.63. The predicted molar refractivity (Wildman–Crippen MR) is 331 cm³/mol. The molecule has 0 unspecified atom stereocenters. The van der Waals surface area contributed by atoms with E-state index >= 15 is 0 Å². The molecule has 0 radical (unpaired) electrons. The van der Waals surface area contributed by atoms with Crippen molar-refractivity contribution in [3.05, 3.63) is 11.3 Å². The summed E-state index contributed by atoms with van der Waals surface area (Å²) in [6, 6.07) is -10.2. The molecule has 13 N–H and O–H groups in total. The minimum Gasteiger partial charge on any atom is -0.480 e. The zero-order chi connectivity index (χ0) is 68.7. The summed E-state index contributed by atoms with van der Waals surface area (Å²) in [7, 11) is 0. The Morgan fingerprint density at radius 2 is 0.775 bits per heavy atom. The number of carbonyl (C=O) groups is 12. The monoisotopic (exact) mass is 1270 g/mol. The molecular weight excluding hydrogens is 1160 g/mol. The average Bonchev–Trinajstić information content (AvgIpc) is 1.01. The topological polar surface area (TPSA) is 408 Å². The maximum absolute atomic E-state index is 14.6. The van der Waals surface area contributed by atoms with Gasteiger partial charge in [0.05, 0.1) is 23.3 Å². The number of ketones is 2.